The van der Waals surface area contributed by atoms with Gasteiger partial charge in [0.2, 0.25) is 0 Å². The molecule has 5 aromatic carbocycles. The maximum atomic E-state index is 12.6. The fraction of sp³-hybridized carbons (Fsp3) is 0. The van der Waals surface area contributed by atoms with E-state index in [2.05, 4.69) is 48.5 Å². The summed E-state index contributed by atoms with van der Waals surface area (Å²) in [4.78, 5) is 12.6. The van der Waals surface area contributed by atoms with Crippen LogP contribution in [0.3, 0.4) is 0 Å². The van der Waals surface area contributed by atoms with Crippen molar-refractivity contribution in [2.45, 2.75) is 0 Å². The second kappa shape index (κ2) is 8.97. The van der Waals surface area contributed by atoms with E-state index in [4.69, 9.17) is 5.73 Å². The molecule has 0 bridgehead atoms. The van der Waals surface area contributed by atoms with Crippen LogP contribution in [0, 0.1) is 0 Å². The number of anilines is 1. The molecule has 0 aromatic heterocycles. The lowest BCUT2D eigenvalue weighted by atomic mass is 9.97. The average molecular weight is 426 g/mol. The fourth-order valence-corrected chi connectivity index (χ4v) is 3.96. The number of hydrogen-bond donors (Lipinski definition) is 1. The van der Waals surface area contributed by atoms with Crippen LogP contribution in [0.5, 0.6) is 0 Å². The Morgan fingerprint density at radius 1 is 0.394 bits per heavy atom. The Bertz CT molecular complexity index is 1370. The highest BCUT2D eigenvalue weighted by atomic mass is 16.1. The summed E-state index contributed by atoms with van der Waals surface area (Å²) in [6, 6.07) is 42.2. The molecule has 0 fully saturated rings. The van der Waals surface area contributed by atoms with E-state index in [0.717, 1.165) is 22.4 Å². The first kappa shape index (κ1) is 20.5. The smallest absolute Gasteiger partial charge is 0.193 e. The zero-order valence-corrected chi connectivity index (χ0v) is 18.1. The number of carbonyl (C=O) groups excluding carboxylic acids is 1. The molecule has 2 heteroatoms. The molecule has 33 heavy (non-hydrogen) atoms. The molecular formula is C31H23NO. The summed E-state index contributed by atoms with van der Waals surface area (Å²) >= 11 is 0. The molecule has 2 N–H and O–H groups in total. The Balaban J connectivity index is 1.32. The zero-order valence-electron chi connectivity index (χ0n) is 18.1. The third-order valence-corrected chi connectivity index (χ3v) is 5.86. The zero-order chi connectivity index (χ0) is 22.6. The highest BCUT2D eigenvalue weighted by molar-refractivity contribution is 6.09. The van der Waals surface area contributed by atoms with E-state index < -0.39 is 0 Å². The number of benzene rings is 5. The van der Waals surface area contributed by atoms with Crippen LogP contribution in [-0.4, -0.2) is 5.78 Å². The molecule has 0 atom stereocenters. The Kier molecular flexibility index (Phi) is 5.57. The molecule has 0 unspecified atom stereocenters. The van der Waals surface area contributed by atoms with Gasteiger partial charge in [0, 0.05) is 16.8 Å². The van der Waals surface area contributed by atoms with Crippen molar-refractivity contribution >= 4 is 11.5 Å². The molecule has 5 aromatic rings. The third kappa shape index (κ3) is 4.46. The molecule has 0 saturated carbocycles. The van der Waals surface area contributed by atoms with Gasteiger partial charge >= 0.3 is 0 Å². The van der Waals surface area contributed by atoms with Gasteiger partial charge in [-0.05, 0) is 45.5 Å². The SMILES string of the molecule is Nc1ccc(-c2ccc(-c3ccc(-c4ccc(C(=O)c5ccccc5)cc4)cc3)cc2)cc1. The Morgan fingerprint density at radius 2 is 0.697 bits per heavy atom. The molecule has 2 nitrogen and oxygen atoms in total. The van der Waals surface area contributed by atoms with Crippen LogP contribution in [0.1, 0.15) is 15.9 Å². The summed E-state index contributed by atoms with van der Waals surface area (Å²) in [5.74, 6) is 0.0416. The van der Waals surface area contributed by atoms with E-state index >= 15 is 0 Å². The van der Waals surface area contributed by atoms with E-state index in [1.807, 2.05) is 78.9 Å². The van der Waals surface area contributed by atoms with Crippen LogP contribution in [0.4, 0.5) is 5.69 Å². The van der Waals surface area contributed by atoms with Crippen LogP contribution in [0.15, 0.2) is 127 Å². The number of nitrogen functional groups attached to an aromatic ring is 1. The Morgan fingerprint density at radius 3 is 1.09 bits per heavy atom. The Hall–Kier alpha value is -4.43. The number of rotatable bonds is 5. The van der Waals surface area contributed by atoms with Crippen molar-refractivity contribution in [2.24, 2.45) is 0 Å². The van der Waals surface area contributed by atoms with Crippen molar-refractivity contribution in [3.8, 4) is 33.4 Å². The first-order valence-corrected chi connectivity index (χ1v) is 10.9. The van der Waals surface area contributed by atoms with E-state index in [1.165, 1.54) is 16.7 Å². The minimum absolute atomic E-state index is 0.0416. The second-order valence-corrected chi connectivity index (χ2v) is 8.05. The summed E-state index contributed by atoms with van der Waals surface area (Å²) in [7, 11) is 0. The number of nitrogens with two attached hydrogens (primary N) is 1. The number of carbonyl (C=O) groups is 1. The van der Waals surface area contributed by atoms with Gasteiger partial charge in [-0.25, -0.2) is 0 Å². The molecule has 5 rings (SSSR count). The van der Waals surface area contributed by atoms with Gasteiger partial charge < -0.3 is 5.73 Å². The highest BCUT2D eigenvalue weighted by Gasteiger charge is 2.09. The summed E-state index contributed by atoms with van der Waals surface area (Å²) in [6.45, 7) is 0. The lowest BCUT2D eigenvalue weighted by Crippen LogP contribution is -2.00. The molecule has 0 saturated heterocycles. The maximum absolute atomic E-state index is 12.6. The van der Waals surface area contributed by atoms with Crippen molar-refractivity contribution in [1.82, 2.24) is 0 Å². The van der Waals surface area contributed by atoms with Crippen LogP contribution < -0.4 is 5.73 Å². The van der Waals surface area contributed by atoms with Crippen LogP contribution in [0.2, 0.25) is 0 Å². The largest absolute Gasteiger partial charge is 0.399 e. The summed E-state index contributed by atoms with van der Waals surface area (Å²) < 4.78 is 0. The van der Waals surface area contributed by atoms with E-state index in [-0.39, 0.29) is 5.78 Å². The van der Waals surface area contributed by atoms with Crippen molar-refractivity contribution in [3.05, 3.63) is 139 Å². The van der Waals surface area contributed by atoms with Gasteiger partial charge in [0.05, 0.1) is 0 Å². The van der Waals surface area contributed by atoms with Crippen molar-refractivity contribution in [2.75, 3.05) is 5.73 Å². The molecule has 158 valence electrons. The fourth-order valence-electron chi connectivity index (χ4n) is 3.96. The lowest BCUT2D eigenvalue weighted by molar-refractivity contribution is 0.103. The topological polar surface area (TPSA) is 43.1 Å². The quantitative estimate of drug-likeness (QED) is 0.234. The molecule has 0 aliphatic rings. The van der Waals surface area contributed by atoms with Crippen LogP contribution >= 0.6 is 0 Å². The van der Waals surface area contributed by atoms with Crippen molar-refractivity contribution < 1.29 is 4.79 Å². The summed E-state index contributed by atoms with van der Waals surface area (Å²) in [5, 5.41) is 0. The minimum Gasteiger partial charge on any atom is -0.399 e. The van der Waals surface area contributed by atoms with Gasteiger partial charge in [-0.1, -0.05) is 115 Å². The van der Waals surface area contributed by atoms with Gasteiger partial charge in [-0.15, -0.1) is 0 Å². The first-order chi connectivity index (χ1) is 16.2. The molecule has 0 radical (unpaired) electrons. The lowest BCUT2D eigenvalue weighted by Gasteiger charge is -2.08. The Labute approximate surface area is 194 Å². The molecule has 0 amide bonds. The number of hydrogen-bond acceptors (Lipinski definition) is 2. The van der Waals surface area contributed by atoms with Crippen molar-refractivity contribution in [3.63, 3.8) is 0 Å². The van der Waals surface area contributed by atoms with Gasteiger partial charge in [0.25, 0.3) is 0 Å². The maximum Gasteiger partial charge on any atom is 0.193 e. The third-order valence-electron chi connectivity index (χ3n) is 5.86. The molecule has 0 aliphatic carbocycles. The van der Waals surface area contributed by atoms with E-state index in [1.54, 1.807) is 0 Å². The molecule has 0 heterocycles. The standard InChI is InChI=1S/C31H23NO/c32-30-20-18-27(19-21-30)25-12-10-23(11-13-25)22-6-8-24(9-7-22)26-14-16-29(17-15-26)31(33)28-4-2-1-3-5-28/h1-21H,32H2. The summed E-state index contributed by atoms with van der Waals surface area (Å²) in [6.07, 6.45) is 0. The minimum atomic E-state index is 0.0416. The van der Waals surface area contributed by atoms with Crippen molar-refractivity contribution in [1.29, 1.82) is 0 Å². The van der Waals surface area contributed by atoms with E-state index in [9.17, 15) is 4.79 Å². The summed E-state index contributed by atoms with van der Waals surface area (Å²) in [5.41, 5.74) is 14.8. The van der Waals surface area contributed by atoms with Gasteiger partial charge in [0.1, 0.15) is 0 Å². The highest BCUT2D eigenvalue weighted by Crippen LogP contribution is 2.28. The predicted octanol–water partition coefficient (Wildman–Crippen LogP) is 7.50. The molecule has 0 aliphatic heterocycles. The predicted molar refractivity (Wildman–Crippen MR) is 137 cm³/mol. The normalized spacial score (nSPS) is 10.7. The number of ketones is 1. The van der Waals surface area contributed by atoms with Gasteiger partial charge in [-0.2, -0.15) is 0 Å². The average Bonchev–Trinajstić information content (AvgIpc) is 2.90. The van der Waals surface area contributed by atoms with Crippen LogP contribution in [-0.2, 0) is 0 Å². The molecular weight excluding hydrogens is 402 g/mol. The molecule has 0 spiro atoms. The van der Waals surface area contributed by atoms with Crippen LogP contribution in [0.25, 0.3) is 33.4 Å². The monoisotopic (exact) mass is 425 g/mol. The second-order valence-electron chi connectivity index (χ2n) is 8.05. The first-order valence-electron chi connectivity index (χ1n) is 10.9. The van der Waals surface area contributed by atoms with Gasteiger partial charge in [-0.3, -0.25) is 4.79 Å². The van der Waals surface area contributed by atoms with E-state index in [0.29, 0.717) is 11.1 Å². The van der Waals surface area contributed by atoms with Gasteiger partial charge in [0.15, 0.2) is 5.78 Å².